The van der Waals surface area contributed by atoms with Crippen LogP contribution in [0.5, 0.6) is 0 Å². The van der Waals surface area contributed by atoms with Gasteiger partial charge < -0.3 is 4.52 Å². The molecule has 0 amide bonds. The van der Waals surface area contributed by atoms with Crippen LogP contribution in [-0.2, 0) is 0 Å². The third-order valence-electron chi connectivity index (χ3n) is 2.00. The van der Waals surface area contributed by atoms with E-state index >= 15 is 0 Å². The van der Waals surface area contributed by atoms with Gasteiger partial charge in [0, 0.05) is 5.27 Å². The van der Waals surface area contributed by atoms with E-state index in [1.807, 2.05) is 22.6 Å². The smallest absolute Gasteiger partial charge is 0.311 e. The summed E-state index contributed by atoms with van der Waals surface area (Å²) in [4.78, 5) is 21.8. The first-order chi connectivity index (χ1) is 7.65. The van der Waals surface area contributed by atoms with Crippen molar-refractivity contribution in [2.45, 2.75) is 0 Å². The molecule has 0 saturated heterocycles. The molecule has 0 N–H and O–H groups in total. The lowest BCUT2D eigenvalue weighted by molar-refractivity contribution is -0.383. The molecule has 1 aromatic carbocycles. The van der Waals surface area contributed by atoms with Crippen LogP contribution in [-0.4, -0.2) is 25.5 Å². The summed E-state index contributed by atoms with van der Waals surface area (Å²) >= 11 is 1.85. The van der Waals surface area contributed by atoms with Crippen LogP contribution in [0.25, 0.3) is 11.1 Å². The molecule has 0 saturated carbocycles. The quantitative estimate of drug-likeness (QED) is 0.279. The van der Waals surface area contributed by atoms with Crippen LogP contribution in [0.4, 0.5) is 5.69 Å². The highest BCUT2D eigenvalue weighted by atomic mass is 127. The SMILES string of the molecule is O=C(CI)c1ccc2onnc2c1[N+](=O)[O-]. The highest BCUT2D eigenvalue weighted by molar-refractivity contribution is 14.1. The van der Waals surface area contributed by atoms with E-state index in [1.54, 1.807) is 0 Å². The lowest BCUT2D eigenvalue weighted by Crippen LogP contribution is -2.05. The molecule has 1 heterocycles. The molecule has 0 aliphatic heterocycles. The second kappa shape index (κ2) is 4.12. The normalized spacial score (nSPS) is 10.6. The monoisotopic (exact) mass is 333 g/mol. The Morgan fingerprint density at radius 3 is 2.94 bits per heavy atom. The van der Waals surface area contributed by atoms with Crippen molar-refractivity contribution in [3.63, 3.8) is 0 Å². The summed E-state index contributed by atoms with van der Waals surface area (Å²) in [5, 5.41) is 17.6. The first-order valence-electron chi connectivity index (χ1n) is 4.13. The van der Waals surface area contributed by atoms with Crippen LogP contribution < -0.4 is 0 Å². The maximum absolute atomic E-state index is 11.5. The first kappa shape index (κ1) is 10.9. The Morgan fingerprint density at radius 1 is 1.56 bits per heavy atom. The molecule has 2 rings (SSSR count). The minimum Gasteiger partial charge on any atom is -0.337 e. The van der Waals surface area contributed by atoms with Crippen molar-refractivity contribution in [2.24, 2.45) is 0 Å². The van der Waals surface area contributed by atoms with Crippen molar-refractivity contribution >= 4 is 45.2 Å². The molecular formula is C8H4IN3O4. The number of nitrogens with zero attached hydrogens (tertiary/aromatic N) is 3. The van der Waals surface area contributed by atoms with Gasteiger partial charge in [-0.3, -0.25) is 14.9 Å². The molecule has 7 nitrogen and oxygen atoms in total. The van der Waals surface area contributed by atoms with Crippen LogP contribution in [0.3, 0.4) is 0 Å². The Kier molecular flexibility index (Phi) is 2.81. The number of carbonyl (C=O) groups is 1. The molecule has 82 valence electrons. The van der Waals surface area contributed by atoms with Gasteiger partial charge in [0.2, 0.25) is 5.52 Å². The molecule has 0 atom stereocenters. The zero-order chi connectivity index (χ0) is 11.7. The van der Waals surface area contributed by atoms with E-state index in [0.29, 0.717) is 0 Å². The molecule has 16 heavy (non-hydrogen) atoms. The van der Waals surface area contributed by atoms with Crippen LogP contribution in [0.2, 0.25) is 0 Å². The average Bonchev–Trinajstić information content (AvgIpc) is 2.73. The van der Waals surface area contributed by atoms with Gasteiger partial charge in [0.1, 0.15) is 0 Å². The summed E-state index contributed by atoms with van der Waals surface area (Å²) < 4.78 is 4.86. The summed E-state index contributed by atoms with van der Waals surface area (Å²) in [5.41, 5.74) is -0.125. The minimum absolute atomic E-state index is 0.000648. The number of Topliss-reactive ketones (excluding diaryl/α,β-unsaturated/α-hetero) is 1. The number of nitro groups is 1. The van der Waals surface area contributed by atoms with E-state index in [0.717, 1.165) is 0 Å². The van der Waals surface area contributed by atoms with Gasteiger partial charge in [0.25, 0.3) is 0 Å². The fraction of sp³-hybridized carbons (Fsp3) is 0.125. The van der Waals surface area contributed by atoms with E-state index in [4.69, 9.17) is 4.52 Å². The van der Waals surface area contributed by atoms with Crippen LogP contribution >= 0.6 is 22.6 Å². The van der Waals surface area contributed by atoms with Crippen LogP contribution in [0.15, 0.2) is 16.7 Å². The second-order valence-electron chi connectivity index (χ2n) is 2.90. The summed E-state index contributed by atoms with van der Waals surface area (Å²) in [6, 6.07) is 2.80. The van der Waals surface area contributed by atoms with Crippen molar-refractivity contribution in [1.82, 2.24) is 10.4 Å². The second-order valence-corrected chi connectivity index (χ2v) is 3.66. The van der Waals surface area contributed by atoms with Gasteiger partial charge in [0.05, 0.1) is 14.9 Å². The van der Waals surface area contributed by atoms with Crippen molar-refractivity contribution in [2.75, 3.05) is 4.43 Å². The molecule has 0 unspecified atom stereocenters. The summed E-state index contributed by atoms with van der Waals surface area (Å²) in [6.07, 6.45) is 0. The molecule has 0 radical (unpaired) electrons. The number of aromatic nitrogens is 2. The number of carbonyl (C=O) groups excluding carboxylic acids is 1. The van der Waals surface area contributed by atoms with E-state index in [-0.39, 0.29) is 32.6 Å². The fourth-order valence-electron chi connectivity index (χ4n) is 1.32. The molecule has 8 heteroatoms. The number of rotatable bonds is 3. The number of nitro benzene ring substituents is 1. The third kappa shape index (κ3) is 1.64. The number of ketones is 1. The lowest BCUT2D eigenvalue weighted by Gasteiger charge is -1.98. The summed E-state index contributed by atoms with van der Waals surface area (Å²) in [7, 11) is 0. The molecule has 0 fully saturated rings. The number of halogens is 1. The highest BCUT2D eigenvalue weighted by Crippen LogP contribution is 2.28. The lowest BCUT2D eigenvalue weighted by atomic mass is 10.1. The molecule has 0 aliphatic carbocycles. The van der Waals surface area contributed by atoms with Gasteiger partial charge in [-0.05, 0) is 12.1 Å². The number of hydrogen-bond acceptors (Lipinski definition) is 6. The summed E-state index contributed by atoms with van der Waals surface area (Å²) in [6.45, 7) is 0. The number of fused-ring (bicyclic) bond motifs is 1. The first-order valence-corrected chi connectivity index (χ1v) is 5.66. The third-order valence-corrected chi connectivity index (χ3v) is 2.69. The topological polar surface area (TPSA) is 99.1 Å². The Bertz CT molecular complexity index is 580. The van der Waals surface area contributed by atoms with E-state index in [2.05, 4.69) is 10.4 Å². The summed E-state index contributed by atoms with van der Waals surface area (Å²) in [5.74, 6) is -0.322. The number of benzene rings is 1. The van der Waals surface area contributed by atoms with E-state index in [9.17, 15) is 14.9 Å². The van der Waals surface area contributed by atoms with Gasteiger partial charge in [-0.1, -0.05) is 22.6 Å². The molecule has 0 spiro atoms. The van der Waals surface area contributed by atoms with Gasteiger partial charge in [0.15, 0.2) is 11.4 Å². The maximum Gasteiger partial charge on any atom is 0.311 e. The zero-order valence-corrected chi connectivity index (χ0v) is 9.87. The van der Waals surface area contributed by atoms with Crippen molar-refractivity contribution in [3.05, 3.63) is 27.8 Å². The fourth-order valence-corrected chi connectivity index (χ4v) is 1.73. The largest absolute Gasteiger partial charge is 0.337 e. The molecule has 2 aromatic rings. The predicted molar refractivity (Wildman–Crippen MR) is 61.7 cm³/mol. The standard InChI is InChI=1S/C8H4IN3O4/c9-3-5(13)4-1-2-6-7(10-11-16-6)8(4)12(14)15/h1-2H,3H2. The van der Waals surface area contributed by atoms with Crippen LogP contribution in [0.1, 0.15) is 10.4 Å². The van der Waals surface area contributed by atoms with Gasteiger partial charge in [-0.2, -0.15) is 0 Å². The average molecular weight is 333 g/mol. The Hall–Kier alpha value is -1.58. The van der Waals surface area contributed by atoms with Gasteiger partial charge in [-0.25, -0.2) is 0 Å². The molecule has 1 aromatic heterocycles. The van der Waals surface area contributed by atoms with Gasteiger partial charge >= 0.3 is 5.69 Å². The van der Waals surface area contributed by atoms with Crippen LogP contribution in [0, 0.1) is 10.1 Å². The number of hydrogen-bond donors (Lipinski definition) is 0. The maximum atomic E-state index is 11.5. The van der Waals surface area contributed by atoms with E-state index < -0.39 is 4.92 Å². The Morgan fingerprint density at radius 2 is 2.31 bits per heavy atom. The van der Waals surface area contributed by atoms with Crippen molar-refractivity contribution in [1.29, 1.82) is 0 Å². The molecular weight excluding hydrogens is 329 g/mol. The molecule has 0 bridgehead atoms. The Labute approximate surface area is 102 Å². The predicted octanol–water partition coefficient (Wildman–Crippen LogP) is 1.75. The van der Waals surface area contributed by atoms with Crippen molar-refractivity contribution < 1.29 is 14.2 Å². The molecule has 0 aliphatic rings. The van der Waals surface area contributed by atoms with E-state index in [1.165, 1.54) is 12.1 Å². The van der Waals surface area contributed by atoms with Gasteiger partial charge in [-0.15, -0.1) is 5.10 Å². The van der Waals surface area contributed by atoms with Crippen molar-refractivity contribution in [3.8, 4) is 0 Å². The minimum atomic E-state index is -0.647. The highest BCUT2D eigenvalue weighted by Gasteiger charge is 2.25. The number of alkyl halides is 1. The Balaban J connectivity index is 2.78. The zero-order valence-electron chi connectivity index (χ0n) is 7.71.